The molecule has 0 saturated carbocycles. The highest BCUT2D eigenvalue weighted by Gasteiger charge is 2.16. The van der Waals surface area contributed by atoms with E-state index < -0.39 is 12.3 Å². The Labute approximate surface area is 127 Å². The predicted molar refractivity (Wildman–Crippen MR) is 80.4 cm³/mol. The van der Waals surface area contributed by atoms with Gasteiger partial charge in [0.1, 0.15) is 11.6 Å². The fraction of sp³-hybridized carbons (Fsp3) is 0.750. The molecular formula is C16H27NO4. The predicted octanol–water partition coefficient (Wildman–Crippen LogP) is 3.35. The molecule has 2 atom stereocenters. The van der Waals surface area contributed by atoms with Gasteiger partial charge in [-0.1, -0.05) is 39.7 Å². The van der Waals surface area contributed by atoms with Crippen LogP contribution in [0, 0.1) is 11.3 Å². The van der Waals surface area contributed by atoms with Gasteiger partial charge in [0.15, 0.2) is 0 Å². The van der Waals surface area contributed by atoms with E-state index in [1.165, 1.54) is 19.3 Å². The zero-order valence-corrected chi connectivity index (χ0v) is 13.4. The standard InChI is InChI=1S/C16H27NO4/c1-5-7-8-9-10-19-14(4)12-20-15(6-2)21-16(18)13(3)11-17/h14-15H,3,5-10,12H2,1-2,4H3. The van der Waals surface area contributed by atoms with Crippen molar-refractivity contribution in [1.29, 1.82) is 5.26 Å². The maximum atomic E-state index is 11.4. The Morgan fingerprint density at radius 2 is 1.95 bits per heavy atom. The van der Waals surface area contributed by atoms with Crippen LogP contribution in [0.4, 0.5) is 0 Å². The van der Waals surface area contributed by atoms with Gasteiger partial charge >= 0.3 is 5.97 Å². The first-order chi connectivity index (χ1) is 10.0. The fourth-order valence-corrected chi connectivity index (χ4v) is 1.58. The minimum absolute atomic E-state index is 0.0569. The van der Waals surface area contributed by atoms with E-state index in [0.717, 1.165) is 6.42 Å². The summed E-state index contributed by atoms with van der Waals surface area (Å²) in [5.41, 5.74) is -0.225. The molecule has 0 fully saturated rings. The molecule has 2 unspecified atom stereocenters. The van der Waals surface area contributed by atoms with Crippen LogP contribution < -0.4 is 0 Å². The zero-order chi connectivity index (χ0) is 16.1. The molecule has 0 aromatic rings. The molecule has 0 aliphatic carbocycles. The molecule has 0 amide bonds. The lowest BCUT2D eigenvalue weighted by Crippen LogP contribution is -2.26. The van der Waals surface area contributed by atoms with Gasteiger partial charge in [0.05, 0.1) is 12.7 Å². The Bertz CT molecular complexity index is 349. The molecular weight excluding hydrogens is 270 g/mol. The van der Waals surface area contributed by atoms with Crippen LogP contribution in [0.3, 0.4) is 0 Å². The van der Waals surface area contributed by atoms with Crippen LogP contribution >= 0.6 is 0 Å². The Morgan fingerprint density at radius 3 is 2.52 bits per heavy atom. The smallest absolute Gasteiger partial charge is 0.350 e. The summed E-state index contributed by atoms with van der Waals surface area (Å²) in [6.07, 6.45) is 4.43. The number of hydrogen-bond donors (Lipinski definition) is 0. The summed E-state index contributed by atoms with van der Waals surface area (Å²) in [7, 11) is 0. The van der Waals surface area contributed by atoms with E-state index in [9.17, 15) is 4.79 Å². The molecule has 0 aliphatic heterocycles. The molecule has 0 saturated heterocycles. The number of carbonyl (C=O) groups excluding carboxylic acids is 1. The number of rotatable bonds is 12. The van der Waals surface area contributed by atoms with Crippen molar-refractivity contribution in [2.24, 2.45) is 0 Å². The summed E-state index contributed by atoms with van der Waals surface area (Å²) in [4.78, 5) is 11.4. The lowest BCUT2D eigenvalue weighted by atomic mass is 10.2. The topological polar surface area (TPSA) is 68.6 Å². The number of nitrogens with zero attached hydrogens (tertiary/aromatic N) is 1. The van der Waals surface area contributed by atoms with Gasteiger partial charge in [0.25, 0.3) is 0 Å². The average Bonchev–Trinajstić information content (AvgIpc) is 2.49. The molecule has 0 bridgehead atoms. The molecule has 5 heteroatoms. The van der Waals surface area contributed by atoms with E-state index in [0.29, 0.717) is 19.6 Å². The van der Waals surface area contributed by atoms with Crippen LogP contribution in [-0.2, 0) is 19.0 Å². The number of nitriles is 1. The van der Waals surface area contributed by atoms with Gasteiger partial charge in [-0.05, 0) is 13.3 Å². The maximum Gasteiger partial charge on any atom is 0.350 e. The number of esters is 1. The number of ether oxygens (including phenoxy) is 3. The van der Waals surface area contributed by atoms with Crippen LogP contribution in [0.25, 0.3) is 0 Å². The Morgan fingerprint density at radius 1 is 1.24 bits per heavy atom. The molecule has 0 rings (SSSR count). The van der Waals surface area contributed by atoms with Crippen LogP contribution in [0.15, 0.2) is 12.2 Å². The van der Waals surface area contributed by atoms with Gasteiger partial charge in [0, 0.05) is 13.0 Å². The molecule has 0 N–H and O–H groups in total. The second-order valence-electron chi connectivity index (χ2n) is 4.91. The van der Waals surface area contributed by atoms with Crippen molar-refractivity contribution in [3.63, 3.8) is 0 Å². The van der Waals surface area contributed by atoms with Crippen molar-refractivity contribution in [3.8, 4) is 6.07 Å². The molecule has 0 radical (unpaired) electrons. The van der Waals surface area contributed by atoms with Crippen molar-refractivity contribution >= 4 is 5.97 Å². The van der Waals surface area contributed by atoms with Gasteiger partial charge in [0.2, 0.25) is 6.29 Å². The summed E-state index contributed by atoms with van der Waals surface area (Å²) in [5.74, 6) is -0.738. The minimum atomic E-state index is -0.738. The van der Waals surface area contributed by atoms with Gasteiger partial charge in [-0.15, -0.1) is 0 Å². The van der Waals surface area contributed by atoms with E-state index in [4.69, 9.17) is 19.5 Å². The monoisotopic (exact) mass is 297 g/mol. The normalized spacial score (nSPS) is 13.2. The SMILES string of the molecule is C=C(C#N)C(=O)OC(CC)OCC(C)OCCCCCC. The van der Waals surface area contributed by atoms with Crippen molar-refractivity contribution < 1.29 is 19.0 Å². The molecule has 0 heterocycles. The van der Waals surface area contributed by atoms with E-state index in [-0.39, 0.29) is 11.7 Å². The molecule has 0 aromatic heterocycles. The molecule has 21 heavy (non-hydrogen) atoms. The minimum Gasteiger partial charge on any atom is -0.432 e. The largest absolute Gasteiger partial charge is 0.432 e. The Hall–Kier alpha value is -1.38. The molecule has 5 nitrogen and oxygen atoms in total. The quantitative estimate of drug-likeness (QED) is 0.182. The van der Waals surface area contributed by atoms with E-state index in [2.05, 4.69) is 13.5 Å². The summed E-state index contributed by atoms with van der Waals surface area (Å²) < 4.78 is 16.1. The number of carbonyl (C=O) groups is 1. The van der Waals surface area contributed by atoms with Gasteiger partial charge in [-0.3, -0.25) is 0 Å². The van der Waals surface area contributed by atoms with Gasteiger partial charge in [-0.2, -0.15) is 5.26 Å². The van der Waals surface area contributed by atoms with Gasteiger partial charge < -0.3 is 14.2 Å². The fourth-order valence-electron chi connectivity index (χ4n) is 1.58. The van der Waals surface area contributed by atoms with Crippen molar-refractivity contribution in [3.05, 3.63) is 12.2 Å². The summed E-state index contributed by atoms with van der Waals surface area (Å²) >= 11 is 0. The highest BCUT2D eigenvalue weighted by Crippen LogP contribution is 2.07. The lowest BCUT2D eigenvalue weighted by molar-refractivity contribution is -0.181. The van der Waals surface area contributed by atoms with Crippen molar-refractivity contribution in [2.75, 3.05) is 13.2 Å². The molecule has 0 aromatic carbocycles. The number of unbranched alkanes of at least 4 members (excludes halogenated alkanes) is 3. The third kappa shape index (κ3) is 10.1. The lowest BCUT2D eigenvalue weighted by Gasteiger charge is -2.19. The summed E-state index contributed by atoms with van der Waals surface area (Å²) in [6.45, 7) is 10.3. The molecule has 120 valence electrons. The Balaban J connectivity index is 3.86. The van der Waals surface area contributed by atoms with E-state index in [1.807, 2.05) is 13.8 Å². The Kier molecular flexibility index (Phi) is 11.6. The van der Waals surface area contributed by atoms with Gasteiger partial charge in [-0.25, -0.2) is 4.79 Å². The van der Waals surface area contributed by atoms with Crippen LogP contribution in [0.5, 0.6) is 0 Å². The highest BCUT2D eigenvalue weighted by molar-refractivity contribution is 5.91. The average molecular weight is 297 g/mol. The first-order valence-corrected chi connectivity index (χ1v) is 7.58. The maximum absolute atomic E-state index is 11.4. The number of hydrogen-bond acceptors (Lipinski definition) is 5. The van der Waals surface area contributed by atoms with Crippen LogP contribution in [-0.4, -0.2) is 31.6 Å². The van der Waals surface area contributed by atoms with Crippen LogP contribution in [0.1, 0.15) is 52.9 Å². The summed E-state index contributed by atoms with van der Waals surface area (Å²) in [6, 6.07) is 1.65. The second-order valence-corrected chi connectivity index (χ2v) is 4.91. The summed E-state index contributed by atoms with van der Waals surface area (Å²) in [5, 5.41) is 8.56. The molecule has 0 aliphatic rings. The van der Waals surface area contributed by atoms with E-state index in [1.54, 1.807) is 6.07 Å². The second kappa shape index (κ2) is 12.4. The first-order valence-electron chi connectivity index (χ1n) is 7.58. The van der Waals surface area contributed by atoms with Crippen LogP contribution in [0.2, 0.25) is 0 Å². The molecule has 0 spiro atoms. The zero-order valence-electron chi connectivity index (χ0n) is 13.4. The van der Waals surface area contributed by atoms with Crippen molar-refractivity contribution in [2.45, 2.75) is 65.3 Å². The van der Waals surface area contributed by atoms with E-state index >= 15 is 0 Å². The highest BCUT2D eigenvalue weighted by atomic mass is 16.7. The van der Waals surface area contributed by atoms with Crippen molar-refractivity contribution in [1.82, 2.24) is 0 Å². The first kappa shape index (κ1) is 19.6. The third-order valence-corrected chi connectivity index (χ3v) is 2.87. The third-order valence-electron chi connectivity index (χ3n) is 2.87.